The summed E-state index contributed by atoms with van der Waals surface area (Å²) in [5.74, 6) is 0. The lowest BCUT2D eigenvalue weighted by Crippen LogP contribution is -1.99. The highest BCUT2D eigenvalue weighted by Crippen LogP contribution is 2.36. The second kappa shape index (κ2) is 5.33. The van der Waals surface area contributed by atoms with Crippen LogP contribution < -0.4 is 5.73 Å². The summed E-state index contributed by atoms with van der Waals surface area (Å²) in [7, 11) is 0. The number of hydrogen-bond acceptors (Lipinski definition) is 3. The van der Waals surface area contributed by atoms with Crippen LogP contribution in [0.3, 0.4) is 0 Å². The molecule has 1 heterocycles. The van der Waals surface area contributed by atoms with Crippen molar-refractivity contribution in [3.05, 3.63) is 45.0 Å². The normalized spacial score (nSPS) is 10.7. The minimum absolute atomic E-state index is 0.244. The maximum atomic E-state index is 9.14. The van der Waals surface area contributed by atoms with Gasteiger partial charge in [0.2, 0.25) is 0 Å². The largest absolute Gasteiger partial charge is 0.397 e. The number of aliphatic hydroxyl groups is 1. The number of hydrogen-bond donors (Lipinski definition) is 2. The molecule has 2 rings (SSSR count). The number of nitrogens with two attached hydrogens (primary N) is 1. The molecule has 0 fully saturated rings. The average Bonchev–Trinajstić information content (AvgIpc) is 2.34. The number of nitrogens with zero attached hydrogens (tertiary/aromatic N) is 1. The average molecular weight is 304 g/mol. The molecule has 1 aromatic heterocycles. The summed E-state index contributed by atoms with van der Waals surface area (Å²) in [5.41, 5.74) is 7.64. The van der Waals surface area contributed by atoms with Gasteiger partial charge in [0.25, 0.3) is 0 Å². The quantitative estimate of drug-likeness (QED) is 0.830. The Kier molecular flexibility index (Phi) is 3.97. The fourth-order valence-corrected chi connectivity index (χ4v) is 2.23. The fourth-order valence-electron chi connectivity index (χ4n) is 1.53. The number of aliphatic hydroxyl groups excluding tert-OH is 1. The second-order valence-electron chi connectivity index (χ2n) is 3.64. The van der Waals surface area contributed by atoms with E-state index in [-0.39, 0.29) is 6.61 Å². The Bertz CT molecular complexity index is 602. The number of pyridine rings is 1. The molecule has 0 unspecified atom stereocenters. The molecule has 0 atom stereocenters. The van der Waals surface area contributed by atoms with Gasteiger partial charge in [-0.25, -0.2) is 4.98 Å². The highest BCUT2D eigenvalue weighted by atomic mass is 35.5. The molecule has 0 aliphatic carbocycles. The number of halogens is 3. The number of nitrogen functional groups attached to an aromatic ring is 1. The Hall–Kier alpha value is -1.00. The third kappa shape index (κ3) is 2.54. The molecule has 0 radical (unpaired) electrons. The molecule has 94 valence electrons. The van der Waals surface area contributed by atoms with Gasteiger partial charge in [-0.1, -0.05) is 34.8 Å². The van der Waals surface area contributed by atoms with Crippen LogP contribution in [0.2, 0.25) is 15.1 Å². The van der Waals surface area contributed by atoms with Crippen molar-refractivity contribution >= 4 is 40.5 Å². The Morgan fingerprint density at radius 2 is 1.89 bits per heavy atom. The predicted octanol–water partition coefficient (Wildman–Crippen LogP) is 3.78. The van der Waals surface area contributed by atoms with Crippen molar-refractivity contribution < 1.29 is 5.11 Å². The molecule has 0 spiro atoms. The van der Waals surface area contributed by atoms with E-state index < -0.39 is 0 Å². The highest BCUT2D eigenvalue weighted by molar-refractivity contribution is 6.45. The van der Waals surface area contributed by atoms with Crippen molar-refractivity contribution in [1.82, 2.24) is 4.98 Å². The zero-order valence-electron chi connectivity index (χ0n) is 9.12. The van der Waals surface area contributed by atoms with Gasteiger partial charge in [-0.3, -0.25) is 0 Å². The van der Waals surface area contributed by atoms with Crippen LogP contribution in [0.4, 0.5) is 5.69 Å². The predicted molar refractivity (Wildman–Crippen MR) is 75.0 cm³/mol. The minimum Gasteiger partial charge on any atom is -0.397 e. The Labute approximate surface area is 119 Å². The van der Waals surface area contributed by atoms with Crippen LogP contribution in [0.5, 0.6) is 0 Å². The monoisotopic (exact) mass is 302 g/mol. The van der Waals surface area contributed by atoms with Crippen LogP contribution in [0, 0.1) is 0 Å². The molecule has 3 N–H and O–H groups in total. The molecule has 0 bridgehead atoms. The van der Waals surface area contributed by atoms with Gasteiger partial charge in [0.1, 0.15) is 0 Å². The van der Waals surface area contributed by atoms with E-state index in [0.29, 0.717) is 37.7 Å². The van der Waals surface area contributed by atoms with E-state index in [1.165, 1.54) is 0 Å². The van der Waals surface area contributed by atoms with Crippen LogP contribution in [0.15, 0.2) is 24.3 Å². The van der Waals surface area contributed by atoms with Gasteiger partial charge in [0.05, 0.1) is 33.7 Å². The molecular formula is C12H9Cl3N2O. The zero-order chi connectivity index (χ0) is 13.3. The Balaban J connectivity index is 2.62. The molecule has 0 aliphatic rings. The topological polar surface area (TPSA) is 59.1 Å². The summed E-state index contributed by atoms with van der Waals surface area (Å²) in [6.45, 7) is -0.244. The van der Waals surface area contributed by atoms with E-state index in [0.717, 1.165) is 0 Å². The van der Waals surface area contributed by atoms with Crippen molar-refractivity contribution in [2.75, 3.05) is 5.73 Å². The molecule has 2 aromatic rings. The van der Waals surface area contributed by atoms with Crippen molar-refractivity contribution in [1.29, 1.82) is 0 Å². The smallest absolute Gasteiger partial charge is 0.0894 e. The number of benzene rings is 1. The molecule has 18 heavy (non-hydrogen) atoms. The molecule has 1 aromatic carbocycles. The van der Waals surface area contributed by atoms with Gasteiger partial charge in [0.15, 0.2) is 0 Å². The molecular weight excluding hydrogens is 295 g/mol. The van der Waals surface area contributed by atoms with Crippen LogP contribution in [0.1, 0.15) is 5.69 Å². The fraction of sp³-hybridized carbons (Fsp3) is 0.0833. The first-order valence-corrected chi connectivity index (χ1v) is 6.17. The SMILES string of the molecule is Nc1ccc(-c2cc(Cl)cc(Cl)c2Cl)nc1CO. The highest BCUT2D eigenvalue weighted by Gasteiger charge is 2.12. The minimum atomic E-state index is -0.244. The Morgan fingerprint density at radius 1 is 1.17 bits per heavy atom. The van der Waals surface area contributed by atoms with E-state index in [1.54, 1.807) is 24.3 Å². The second-order valence-corrected chi connectivity index (χ2v) is 4.86. The van der Waals surface area contributed by atoms with Crippen LogP contribution in [-0.4, -0.2) is 10.1 Å². The number of anilines is 1. The third-order valence-electron chi connectivity index (χ3n) is 2.43. The van der Waals surface area contributed by atoms with Crippen molar-refractivity contribution in [3.63, 3.8) is 0 Å². The van der Waals surface area contributed by atoms with Gasteiger partial charge in [-0.05, 0) is 24.3 Å². The molecule has 3 nitrogen and oxygen atoms in total. The number of rotatable bonds is 2. The van der Waals surface area contributed by atoms with E-state index in [9.17, 15) is 0 Å². The van der Waals surface area contributed by atoms with Gasteiger partial charge in [-0.2, -0.15) is 0 Å². The van der Waals surface area contributed by atoms with E-state index in [1.807, 2.05) is 0 Å². The van der Waals surface area contributed by atoms with Gasteiger partial charge in [-0.15, -0.1) is 0 Å². The maximum absolute atomic E-state index is 9.14. The van der Waals surface area contributed by atoms with Crippen LogP contribution >= 0.6 is 34.8 Å². The van der Waals surface area contributed by atoms with Crippen molar-refractivity contribution in [2.24, 2.45) is 0 Å². The van der Waals surface area contributed by atoms with E-state index in [4.69, 9.17) is 45.6 Å². The van der Waals surface area contributed by atoms with Crippen molar-refractivity contribution in [2.45, 2.75) is 6.61 Å². The first kappa shape index (κ1) is 13.4. The first-order chi connectivity index (χ1) is 8.52. The molecule has 0 saturated carbocycles. The van der Waals surface area contributed by atoms with Crippen molar-refractivity contribution in [3.8, 4) is 11.3 Å². The van der Waals surface area contributed by atoms with E-state index in [2.05, 4.69) is 4.98 Å². The standard InChI is InChI=1S/C12H9Cl3N2O/c13-6-3-7(12(15)8(14)4-6)10-2-1-9(16)11(5-18)17-10/h1-4,18H,5,16H2. The summed E-state index contributed by atoms with van der Waals surface area (Å²) in [6.07, 6.45) is 0. The van der Waals surface area contributed by atoms with Crippen LogP contribution in [0.25, 0.3) is 11.3 Å². The summed E-state index contributed by atoms with van der Waals surface area (Å²) >= 11 is 18.0. The molecule has 0 saturated heterocycles. The summed E-state index contributed by atoms with van der Waals surface area (Å²) < 4.78 is 0. The summed E-state index contributed by atoms with van der Waals surface area (Å²) in [5, 5.41) is 10.3. The first-order valence-electron chi connectivity index (χ1n) is 5.04. The number of aromatic nitrogens is 1. The molecule has 0 aliphatic heterocycles. The summed E-state index contributed by atoms with van der Waals surface area (Å²) in [4.78, 5) is 4.23. The maximum Gasteiger partial charge on any atom is 0.0894 e. The van der Waals surface area contributed by atoms with Gasteiger partial charge in [0, 0.05) is 10.6 Å². The lowest BCUT2D eigenvalue weighted by molar-refractivity contribution is 0.278. The lowest BCUT2D eigenvalue weighted by Gasteiger charge is -2.09. The lowest BCUT2D eigenvalue weighted by atomic mass is 10.1. The van der Waals surface area contributed by atoms with Crippen LogP contribution in [-0.2, 0) is 6.61 Å². The zero-order valence-corrected chi connectivity index (χ0v) is 11.4. The summed E-state index contributed by atoms with van der Waals surface area (Å²) in [6, 6.07) is 6.57. The van der Waals surface area contributed by atoms with Gasteiger partial charge >= 0.3 is 0 Å². The van der Waals surface area contributed by atoms with E-state index >= 15 is 0 Å². The third-order valence-corrected chi connectivity index (χ3v) is 3.45. The molecule has 6 heteroatoms. The van der Waals surface area contributed by atoms with Gasteiger partial charge < -0.3 is 10.8 Å². The molecule has 0 amide bonds. The Morgan fingerprint density at radius 3 is 2.56 bits per heavy atom.